The summed E-state index contributed by atoms with van der Waals surface area (Å²) in [6.07, 6.45) is 6.53. The van der Waals surface area contributed by atoms with Gasteiger partial charge < -0.3 is 9.64 Å². The third-order valence-electron chi connectivity index (χ3n) is 8.13. The molecule has 0 N–H and O–H groups in total. The number of anilines is 1. The van der Waals surface area contributed by atoms with Crippen LogP contribution in [0.3, 0.4) is 0 Å². The van der Waals surface area contributed by atoms with E-state index in [9.17, 15) is 40.0 Å². The van der Waals surface area contributed by atoms with Gasteiger partial charge in [-0.2, -0.15) is 4.31 Å². The molecule has 0 spiro atoms. The minimum Gasteiger partial charge on any atom is -0.465 e. The van der Waals surface area contributed by atoms with Gasteiger partial charge in [0.15, 0.2) is 28.2 Å². The molecule has 1 atom stereocenters. The van der Waals surface area contributed by atoms with E-state index in [1.54, 1.807) is 12.1 Å². The highest BCUT2D eigenvalue weighted by atomic mass is 32.2. The molecule has 2 heterocycles. The van der Waals surface area contributed by atoms with Crippen molar-refractivity contribution < 1.29 is 49.1 Å². The largest absolute Gasteiger partial charge is 0.465 e. The number of hydrogen-bond acceptors (Lipinski definition) is 6. The van der Waals surface area contributed by atoms with Crippen molar-refractivity contribution in [2.45, 2.75) is 61.9 Å². The number of ether oxygens (including phenoxy) is 1. The fraction of sp³-hybridized carbons (Fsp3) is 0.367. The Bertz CT molecular complexity index is 1720. The Morgan fingerprint density at radius 2 is 1.56 bits per heavy atom. The number of sulfonamides is 1. The Morgan fingerprint density at radius 3 is 2.09 bits per heavy atom. The summed E-state index contributed by atoms with van der Waals surface area (Å²) >= 11 is 0. The lowest BCUT2D eigenvalue weighted by Gasteiger charge is -2.41. The minimum atomic E-state index is -5.44. The quantitative estimate of drug-likeness (QED) is 0.133. The molecular weight excluding hydrogens is 628 g/mol. The Kier molecular flexibility index (Phi) is 9.21. The van der Waals surface area contributed by atoms with Crippen molar-refractivity contribution >= 4 is 27.6 Å². The molecule has 2 fully saturated rings. The molecule has 5 rings (SSSR count). The summed E-state index contributed by atoms with van der Waals surface area (Å²) in [5.74, 6) is -15.3. The van der Waals surface area contributed by atoms with E-state index in [1.165, 1.54) is 12.3 Å². The monoisotopic (exact) mass is 655 g/mol. The summed E-state index contributed by atoms with van der Waals surface area (Å²) in [7, 11) is -4.35. The zero-order valence-corrected chi connectivity index (χ0v) is 24.7. The van der Waals surface area contributed by atoms with Crippen molar-refractivity contribution in [3.63, 3.8) is 0 Å². The maximum Gasteiger partial charge on any atom is 0.337 e. The summed E-state index contributed by atoms with van der Waals surface area (Å²) in [4.78, 5) is 29.1. The molecule has 2 aliphatic rings. The maximum atomic E-state index is 15.4. The van der Waals surface area contributed by atoms with E-state index < -0.39 is 74.3 Å². The normalized spacial score (nSPS) is 17.5. The predicted octanol–water partition coefficient (Wildman–Crippen LogP) is 5.75. The Balaban J connectivity index is 1.49. The second-order valence-corrected chi connectivity index (χ2v) is 12.7. The van der Waals surface area contributed by atoms with Gasteiger partial charge >= 0.3 is 5.97 Å². The molecule has 45 heavy (non-hydrogen) atoms. The molecule has 1 saturated carbocycles. The van der Waals surface area contributed by atoms with Crippen molar-refractivity contribution in [3.8, 4) is 0 Å². The average Bonchev–Trinajstić information content (AvgIpc) is 3.01. The Labute approximate surface area is 254 Å². The number of benzene rings is 2. The van der Waals surface area contributed by atoms with E-state index in [1.807, 2.05) is 0 Å². The van der Waals surface area contributed by atoms with Gasteiger partial charge in [0.1, 0.15) is 11.9 Å². The molecule has 15 heteroatoms. The Morgan fingerprint density at radius 1 is 0.911 bits per heavy atom. The van der Waals surface area contributed by atoms with Crippen LogP contribution in [0.2, 0.25) is 0 Å². The van der Waals surface area contributed by atoms with Crippen LogP contribution in [-0.2, 0) is 26.1 Å². The number of nitrogens with zero attached hydrogens (tertiary/aromatic N) is 3. The molecule has 0 radical (unpaired) electrons. The maximum absolute atomic E-state index is 15.4. The van der Waals surface area contributed by atoms with E-state index in [0.717, 1.165) is 61.9 Å². The van der Waals surface area contributed by atoms with Gasteiger partial charge in [0.2, 0.25) is 21.7 Å². The molecule has 1 amide bonds. The first-order chi connectivity index (χ1) is 21.4. The third kappa shape index (κ3) is 6.02. The number of esters is 1. The number of amides is 1. The van der Waals surface area contributed by atoms with Gasteiger partial charge in [-0.3, -0.25) is 9.78 Å². The van der Waals surface area contributed by atoms with Crippen LogP contribution in [0.4, 0.5) is 32.0 Å². The Hall–Kier alpha value is -3.98. The standard InChI is InChI=1S/C30H27F6N3O5S/c1-44-30(41)18-8-10-21(19(31)13-18)38(15-16-7-9-20(37-14-16)17-5-3-2-4-6-17)29(40)22-11-12-39(22)45(42,43)28-26(35)24(33)23(32)25(34)27(28)36/h7-10,13-14,17,22H,2-6,11-12,15H2,1H3/t22-/m1/s1. The molecular formula is C30H27F6N3O5S. The van der Waals surface area contributed by atoms with Crippen LogP contribution in [0.15, 0.2) is 41.4 Å². The number of carbonyl (C=O) groups excluding carboxylic acids is 2. The summed E-state index contributed by atoms with van der Waals surface area (Å²) in [6.45, 7) is -0.828. The summed E-state index contributed by atoms with van der Waals surface area (Å²) in [6, 6.07) is 4.88. The van der Waals surface area contributed by atoms with Crippen LogP contribution in [0.5, 0.6) is 0 Å². The molecule has 1 saturated heterocycles. The molecule has 240 valence electrons. The lowest BCUT2D eigenvalue weighted by molar-refractivity contribution is -0.125. The molecule has 1 aliphatic heterocycles. The number of halogens is 6. The number of methoxy groups -OCH3 is 1. The van der Waals surface area contributed by atoms with Gasteiger partial charge in [0, 0.05) is 24.4 Å². The number of pyridine rings is 1. The van der Waals surface area contributed by atoms with Crippen LogP contribution in [0.25, 0.3) is 0 Å². The summed E-state index contributed by atoms with van der Waals surface area (Å²) in [5, 5.41) is 0. The number of rotatable bonds is 8. The SMILES string of the molecule is COC(=O)c1ccc(N(Cc2ccc(C3CCCCC3)nc2)C(=O)[C@H]2CCN2S(=O)(=O)c2c(F)c(F)c(F)c(F)c2F)c(F)c1. The molecule has 0 unspecified atom stereocenters. The molecule has 8 nitrogen and oxygen atoms in total. The fourth-order valence-electron chi connectivity index (χ4n) is 5.61. The number of carbonyl (C=O) groups is 2. The lowest BCUT2D eigenvalue weighted by atomic mass is 9.86. The average molecular weight is 656 g/mol. The van der Waals surface area contributed by atoms with Gasteiger partial charge in [-0.05, 0) is 49.1 Å². The molecule has 3 aromatic rings. The smallest absolute Gasteiger partial charge is 0.337 e. The van der Waals surface area contributed by atoms with Gasteiger partial charge in [-0.15, -0.1) is 0 Å². The van der Waals surface area contributed by atoms with Crippen LogP contribution in [0.1, 0.15) is 66.1 Å². The van der Waals surface area contributed by atoms with E-state index in [4.69, 9.17) is 0 Å². The van der Waals surface area contributed by atoms with Crippen molar-refractivity contribution in [3.05, 3.63) is 88.3 Å². The highest BCUT2D eigenvalue weighted by Gasteiger charge is 2.48. The predicted molar refractivity (Wildman–Crippen MR) is 148 cm³/mol. The van der Waals surface area contributed by atoms with Crippen LogP contribution in [-0.4, -0.2) is 49.3 Å². The molecule has 1 aliphatic carbocycles. The molecule has 1 aromatic heterocycles. The number of aromatic nitrogens is 1. The number of hydrogen-bond donors (Lipinski definition) is 0. The van der Waals surface area contributed by atoms with Gasteiger partial charge in [0.05, 0.1) is 24.9 Å². The minimum absolute atomic E-state index is 0.177. The van der Waals surface area contributed by atoms with E-state index in [2.05, 4.69) is 9.72 Å². The topological polar surface area (TPSA) is 96.9 Å². The first-order valence-electron chi connectivity index (χ1n) is 14.0. The van der Waals surface area contributed by atoms with E-state index in [-0.39, 0.29) is 30.1 Å². The van der Waals surface area contributed by atoms with E-state index in [0.29, 0.717) is 9.87 Å². The van der Waals surface area contributed by atoms with Gasteiger partial charge in [-0.1, -0.05) is 25.3 Å². The summed E-state index contributed by atoms with van der Waals surface area (Å²) in [5.41, 5.74) is 0.727. The fourth-order valence-corrected chi connectivity index (χ4v) is 7.35. The van der Waals surface area contributed by atoms with Crippen LogP contribution < -0.4 is 4.90 Å². The van der Waals surface area contributed by atoms with E-state index >= 15 is 4.39 Å². The van der Waals surface area contributed by atoms with Crippen molar-refractivity contribution in [1.82, 2.24) is 9.29 Å². The van der Waals surface area contributed by atoms with Crippen molar-refractivity contribution in [2.24, 2.45) is 0 Å². The first kappa shape index (κ1) is 32.4. The molecule has 0 bridgehead atoms. The zero-order chi connectivity index (χ0) is 32.6. The summed E-state index contributed by atoms with van der Waals surface area (Å²) < 4.78 is 117. The highest BCUT2D eigenvalue weighted by Crippen LogP contribution is 2.36. The second kappa shape index (κ2) is 12.8. The third-order valence-corrected chi connectivity index (χ3v) is 10.1. The van der Waals surface area contributed by atoms with Crippen molar-refractivity contribution in [2.75, 3.05) is 18.6 Å². The lowest BCUT2D eigenvalue weighted by Crippen LogP contribution is -2.59. The van der Waals surface area contributed by atoms with Gasteiger partial charge in [0.25, 0.3) is 0 Å². The van der Waals surface area contributed by atoms with Crippen LogP contribution >= 0.6 is 0 Å². The molecule has 2 aromatic carbocycles. The van der Waals surface area contributed by atoms with Crippen molar-refractivity contribution in [1.29, 1.82) is 0 Å². The second-order valence-electron chi connectivity index (χ2n) is 10.8. The zero-order valence-electron chi connectivity index (χ0n) is 23.8. The van der Waals surface area contributed by atoms with Crippen LogP contribution in [0, 0.1) is 34.9 Å². The van der Waals surface area contributed by atoms with Gasteiger partial charge in [-0.25, -0.2) is 39.6 Å². The highest BCUT2D eigenvalue weighted by molar-refractivity contribution is 7.89. The first-order valence-corrected chi connectivity index (χ1v) is 15.5.